The highest BCUT2D eigenvalue weighted by Crippen LogP contribution is 2.19. The van der Waals surface area contributed by atoms with E-state index in [1.54, 1.807) is 0 Å². The molecule has 2 N–H and O–H groups in total. The van der Waals surface area contributed by atoms with Crippen LogP contribution in [0.4, 0.5) is 0 Å². The number of hydrogen-bond donors (Lipinski definition) is 2. The lowest BCUT2D eigenvalue weighted by Crippen LogP contribution is -2.31. The van der Waals surface area contributed by atoms with Crippen LogP contribution in [0, 0.1) is 0 Å². The van der Waals surface area contributed by atoms with Crippen LogP contribution in [0.5, 0.6) is 0 Å². The van der Waals surface area contributed by atoms with Crippen LogP contribution in [0.25, 0.3) is 0 Å². The van der Waals surface area contributed by atoms with Crippen molar-refractivity contribution in [3.8, 4) is 0 Å². The van der Waals surface area contributed by atoms with E-state index in [-0.39, 0.29) is 11.8 Å². The minimum absolute atomic E-state index is 0.0938. The molecule has 0 fully saturated rings. The Labute approximate surface area is 117 Å². The van der Waals surface area contributed by atoms with Gasteiger partial charge in [-0.25, -0.2) is 13.1 Å². The molecule has 1 atom stereocenters. The van der Waals surface area contributed by atoms with Crippen LogP contribution in [-0.4, -0.2) is 27.8 Å². The maximum atomic E-state index is 11.3. The molecule has 0 aliphatic heterocycles. The third-order valence-corrected chi connectivity index (χ3v) is 4.65. The number of rotatable bonds is 7. The van der Waals surface area contributed by atoms with E-state index in [9.17, 15) is 8.42 Å². The summed E-state index contributed by atoms with van der Waals surface area (Å²) in [6.45, 7) is 2.52. The molecule has 4 nitrogen and oxygen atoms in total. The summed E-state index contributed by atoms with van der Waals surface area (Å²) in [5.74, 6) is 0.0938. The zero-order valence-electron chi connectivity index (χ0n) is 10.6. The van der Waals surface area contributed by atoms with E-state index in [1.165, 1.54) is 12.6 Å². The van der Waals surface area contributed by atoms with Crippen molar-refractivity contribution < 1.29 is 8.42 Å². The van der Waals surface area contributed by atoms with E-state index in [0.717, 1.165) is 10.9 Å². The van der Waals surface area contributed by atoms with Gasteiger partial charge in [0.15, 0.2) is 0 Å². The third kappa shape index (κ3) is 5.06. The van der Waals surface area contributed by atoms with Gasteiger partial charge in [-0.3, -0.25) is 0 Å². The molecule has 0 spiro atoms. The minimum atomic E-state index is -3.13. The predicted octanol–water partition coefficient (Wildman–Crippen LogP) is 2.04. The van der Waals surface area contributed by atoms with E-state index in [1.807, 2.05) is 24.3 Å². The van der Waals surface area contributed by atoms with Gasteiger partial charge in [0.1, 0.15) is 0 Å². The lowest BCUT2D eigenvalue weighted by atomic mass is 10.1. The summed E-state index contributed by atoms with van der Waals surface area (Å²) in [4.78, 5) is 0. The van der Waals surface area contributed by atoms with Crippen molar-refractivity contribution >= 4 is 26.0 Å². The first-order valence-corrected chi connectivity index (χ1v) is 8.33. The van der Waals surface area contributed by atoms with E-state index < -0.39 is 10.0 Å². The summed E-state index contributed by atoms with van der Waals surface area (Å²) < 4.78 is 25.9. The van der Waals surface area contributed by atoms with Crippen molar-refractivity contribution in [1.82, 2.24) is 10.0 Å². The van der Waals surface area contributed by atoms with Gasteiger partial charge in [0.05, 0.1) is 5.75 Å². The smallest absolute Gasteiger partial charge is 0.212 e. The van der Waals surface area contributed by atoms with Crippen molar-refractivity contribution in [2.45, 2.75) is 19.4 Å². The van der Waals surface area contributed by atoms with Crippen LogP contribution in [-0.2, 0) is 10.0 Å². The van der Waals surface area contributed by atoms with Gasteiger partial charge in [-0.1, -0.05) is 35.0 Å². The third-order valence-electron chi connectivity index (χ3n) is 2.75. The molecule has 0 aromatic heterocycles. The fourth-order valence-corrected chi connectivity index (χ4v) is 2.52. The van der Waals surface area contributed by atoms with Gasteiger partial charge in [0.25, 0.3) is 0 Å². The maximum Gasteiger partial charge on any atom is 0.212 e. The van der Waals surface area contributed by atoms with Gasteiger partial charge in [-0.2, -0.15) is 0 Å². The van der Waals surface area contributed by atoms with Crippen molar-refractivity contribution in [3.63, 3.8) is 0 Å². The first-order valence-electron chi connectivity index (χ1n) is 5.88. The molecule has 6 heteroatoms. The quantitative estimate of drug-likeness (QED) is 0.802. The summed E-state index contributed by atoms with van der Waals surface area (Å²) in [5.41, 5.74) is 1.17. The fourth-order valence-electron chi connectivity index (χ4n) is 1.66. The Balaban J connectivity index is 2.55. The number of nitrogens with one attached hydrogen (secondary N) is 2. The fraction of sp³-hybridized carbons (Fsp3) is 0.500. The topological polar surface area (TPSA) is 58.2 Å². The van der Waals surface area contributed by atoms with Crippen molar-refractivity contribution in [3.05, 3.63) is 34.3 Å². The van der Waals surface area contributed by atoms with Crippen molar-refractivity contribution in [1.29, 1.82) is 0 Å². The van der Waals surface area contributed by atoms with E-state index in [0.29, 0.717) is 6.54 Å². The molecule has 0 amide bonds. The summed E-state index contributed by atoms with van der Waals surface area (Å²) in [5, 5.41) is 3.26. The van der Waals surface area contributed by atoms with Crippen LogP contribution in [0.2, 0.25) is 0 Å². The molecular formula is C12H19BrN2O2S. The molecule has 0 saturated carbocycles. The van der Waals surface area contributed by atoms with Crippen LogP contribution < -0.4 is 10.0 Å². The summed E-state index contributed by atoms with van der Waals surface area (Å²) in [6.07, 6.45) is 0.918. The number of benzene rings is 1. The van der Waals surface area contributed by atoms with Crippen LogP contribution in [0.3, 0.4) is 0 Å². The SMILES string of the molecule is CCC(NCCS(=O)(=O)NC)c1ccc(Br)cc1. The standard InChI is InChI=1S/C12H19BrN2O2S/c1-3-12(10-4-6-11(13)7-5-10)15-8-9-18(16,17)14-2/h4-7,12,14-15H,3,8-9H2,1-2H3. The highest BCUT2D eigenvalue weighted by atomic mass is 79.9. The molecule has 0 saturated heterocycles. The van der Waals surface area contributed by atoms with Crippen LogP contribution >= 0.6 is 15.9 Å². The summed E-state index contributed by atoms with van der Waals surface area (Å²) in [7, 11) is -1.70. The average molecular weight is 335 g/mol. The summed E-state index contributed by atoms with van der Waals surface area (Å²) >= 11 is 3.40. The Bertz CT molecular complexity index is 459. The second-order valence-electron chi connectivity index (χ2n) is 3.99. The van der Waals surface area contributed by atoms with E-state index in [2.05, 4.69) is 32.9 Å². The molecule has 0 aliphatic carbocycles. The molecule has 0 radical (unpaired) electrons. The van der Waals surface area contributed by atoms with Gasteiger partial charge < -0.3 is 5.32 Å². The van der Waals surface area contributed by atoms with Gasteiger partial charge >= 0.3 is 0 Å². The molecule has 1 aromatic rings. The zero-order valence-corrected chi connectivity index (χ0v) is 13.0. The lowest BCUT2D eigenvalue weighted by molar-refractivity contribution is 0.530. The first kappa shape index (κ1) is 15.6. The molecule has 0 bridgehead atoms. The molecule has 1 unspecified atom stereocenters. The van der Waals surface area contributed by atoms with Crippen LogP contribution in [0.1, 0.15) is 24.9 Å². The van der Waals surface area contributed by atoms with Gasteiger partial charge in [0.2, 0.25) is 10.0 Å². The molecule has 0 aliphatic rings. The van der Waals surface area contributed by atoms with E-state index >= 15 is 0 Å². The Kier molecular flexibility index (Phi) is 6.28. The monoisotopic (exact) mass is 334 g/mol. The highest BCUT2D eigenvalue weighted by Gasteiger charge is 2.11. The van der Waals surface area contributed by atoms with Gasteiger partial charge in [-0.15, -0.1) is 0 Å². The molecule has 18 heavy (non-hydrogen) atoms. The zero-order chi connectivity index (χ0) is 13.6. The number of sulfonamides is 1. The number of hydrogen-bond acceptors (Lipinski definition) is 3. The predicted molar refractivity (Wildman–Crippen MR) is 78.0 cm³/mol. The molecule has 102 valence electrons. The average Bonchev–Trinajstić information content (AvgIpc) is 2.36. The Hall–Kier alpha value is -0.430. The van der Waals surface area contributed by atoms with E-state index in [4.69, 9.17) is 0 Å². The molecule has 1 rings (SSSR count). The molecule has 1 aromatic carbocycles. The van der Waals surface area contributed by atoms with Gasteiger partial charge in [-0.05, 0) is 31.2 Å². The number of halogens is 1. The highest BCUT2D eigenvalue weighted by molar-refractivity contribution is 9.10. The Morgan fingerprint density at radius 1 is 1.28 bits per heavy atom. The first-order chi connectivity index (χ1) is 8.48. The second-order valence-corrected chi connectivity index (χ2v) is 6.95. The maximum absolute atomic E-state index is 11.3. The largest absolute Gasteiger partial charge is 0.309 e. The second kappa shape index (κ2) is 7.23. The molecular weight excluding hydrogens is 316 g/mol. The normalized spacial score (nSPS) is 13.5. The Morgan fingerprint density at radius 2 is 1.89 bits per heavy atom. The van der Waals surface area contributed by atoms with Gasteiger partial charge in [0, 0.05) is 17.1 Å². The summed E-state index contributed by atoms with van der Waals surface area (Å²) in [6, 6.07) is 8.24. The minimum Gasteiger partial charge on any atom is -0.309 e. The van der Waals surface area contributed by atoms with Crippen molar-refractivity contribution in [2.75, 3.05) is 19.3 Å². The van der Waals surface area contributed by atoms with Crippen molar-refractivity contribution in [2.24, 2.45) is 0 Å². The molecule has 0 heterocycles. The van der Waals surface area contributed by atoms with Crippen LogP contribution in [0.15, 0.2) is 28.7 Å². The lowest BCUT2D eigenvalue weighted by Gasteiger charge is -2.17. The Morgan fingerprint density at radius 3 is 2.39 bits per heavy atom.